The first-order chi connectivity index (χ1) is 9.92. The molecular formula is C19H12IrN-. The van der Waals surface area contributed by atoms with Crippen molar-refractivity contribution in [3.05, 3.63) is 64.7 Å². The van der Waals surface area contributed by atoms with E-state index in [4.69, 9.17) is 4.98 Å². The summed E-state index contributed by atoms with van der Waals surface area (Å²) in [4.78, 5) is 4.95. The third-order valence-corrected chi connectivity index (χ3v) is 4.44. The van der Waals surface area contributed by atoms with Crippen LogP contribution in [0.5, 0.6) is 0 Å². The van der Waals surface area contributed by atoms with Gasteiger partial charge in [-0.1, -0.05) is 36.3 Å². The first kappa shape index (κ1) is 12.9. The van der Waals surface area contributed by atoms with Crippen molar-refractivity contribution in [2.24, 2.45) is 0 Å². The summed E-state index contributed by atoms with van der Waals surface area (Å²) in [6.45, 7) is 0. The molecule has 0 atom stereocenters. The van der Waals surface area contributed by atoms with Gasteiger partial charge < -0.3 is 0 Å². The predicted molar refractivity (Wildman–Crippen MR) is 82.4 cm³/mol. The molecule has 0 unspecified atom stereocenters. The Morgan fingerprint density at radius 3 is 2.90 bits per heavy atom. The van der Waals surface area contributed by atoms with E-state index in [2.05, 4.69) is 48.6 Å². The van der Waals surface area contributed by atoms with Crippen LogP contribution in [-0.2, 0) is 32.9 Å². The smallest absolute Gasteiger partial charge is 0.0607 e. The molecule has 1 radical (unpaired) electrons. The fraction of sp³-hybridized carbons (Fsp3) is 0.105. The molecule has 0 saturated heterocycles. The zero-order chi connectivity index (χ0) is 13.1. The van der Waals surface area contributed by atoms with E-state index >= 15 is 0 Å². The summed E-state index contributed by atoms with van der Waals surface area (Å²) in [7, 11) is 0. The van der Waals surface area contributed by atoms with Crippen LogP contribution in [0.2, 0.25) is 0 Å². The number of aromatic nitrogens is 1. The number of hydrogen-bond donors (Lipinski definition) is 0. The monoisotopic (exact) mass is 447 g/mol. The summed E-state index contributed by atoms with van der Waals surface area (Å²) >= 11 is 0. The Kier molecular flexibility index (Phi) is 2.85. The van der Waals surface area contributed by atoms with Gasteiger partial charge in [0.25, 0.3) is 0 Å². The predicted octanol–water partition coefficient (Wildman–Crippen LogP) is 4.28. The van der Waals surface area contributed by atoms with Crippen molar-refractivity contribution < 1.29 is 20.1 Å². The summed E-state index contributed by atoms with van der Waals surface area (Å²) < 4.78 is 0. The molecule has 0 amide bonds. The molecule has 2 aromatic carbocycles. The molecule has 5 rings (SSSR count). The second-order valence-corrected chi connectivity index (χ2v) is 5.50. The first-order valence-electron chi connectivity index (χ1n) is 7.05. The molecule has 0 fully saturated rings. The third kappa shape index (κ3) is 1.70. The molecule has 0 aliphatic heterocycles. The second kappa shape index (κ2) is 4.62. The van der Waals surface area contributed by atoms with Crippen LogP contribution < -0.4 is 0 Å². The van der Waals surface area contributed by atoms with Gasteiger partial charge in [-0.05, 0) is 29.3 Å². The van der Waals surface area contributed by atoms with E-state index in [0.717, 1.165) is 24.1 Å². The van der Waals surface area contributed by atoms with Crippen molar-refractivity contribution in [3.8, 4) is 11.3 Å². The average Bonchev–Trinajstić information content (AvgIpc) is 2.93. The van der Waals surface area contributed by atoms with Crippen LogP contribution in [0.15, 0.2) is 36.4 Å². The summed E-state index contributed by atoms with van der Waals surface area (Å²) in [6.07, 6.45) is 6.64. The van der Waals surface area contributed by atoms with Crippen molar-refractivity contribution in [1.82, 2.24) is 4.98 Å². The van der Waals surface area contributed by atoms with Gasteiger partial charge in [0, 0.05) is 25.5 Å². The van der Waals surface area contributed by atoms with Crippen LogP contribution in [-0.4, -0.2) is 4.98 Å². The van der Waals surface area contributed by atoms with Gasteiger partial charge in [-0.15, -0.1) is 35.4 Å². The van der Waals surface area contributed by atoms with E-state index in [1.807, 2.05) is 6.07 Å². The van der Waals surface area contributed by atoms with Crippen molar-refractivity contribution >= 4 is 23.1 Å². The van der Waals surface area contributed by atoms with Gasteiger partial charge in [-0.2, -0.15) is 0 Å². The van der Waals surface area contributed by atoms with Gasteiger partial charge >= 0.3 is 0 Å². The van der Waals surface area contributed by atoms with E-state index in [-0.39, 0.29) is 20.1 Å². The van der Waals surface area contributed by atoms with Crippen molar-refractivity contribution in [1.29, 1.82) is 0 Å². The van der Waals surface area contributed by atoms with E-state index in [9.17, 15) is 0 Å². The van der Waals surface area contributed by atoms with Gasteiger partial charge in [0.1, 0.15) is 0 Å². The maximum absolute atomic E-state index is 4.95. The zero-order valence-corrected chi connectivity index (χ0v) is 13.7. The zero-order valence-electron chi connectivity index (χ0n) is 11.3. The summed E-state index contributed by atoms with van der Waals surface area (Å²) in [6, 6.07) is 16.0. The second-order valence-electron chi connectivity index (χ2n) is 5.50. The Bertz CT molecular complexity index is 909. The van der Waals surface area contributed by atoms with E-state index in [0.29, 0.717) is 0 Å². The number of rotatable bonds is 0. The number of aryl methyl sites for hydroxylation is 1. The minimum atomic E-state index is 0. The molecular weight excluding hydrogens is 434 g/mol. The Morgan fingerprint density at radius 2 is 1.95 bits per heavy atom. The molecule has 2 aliphatic carbocycles. The molecule has 1 nitrogen and oxygen atoms in total. The Balaban J connectivity index is 0.00000115. The molecule has 1 heterocycles. The van der Waals surface area contributed by atoms with E-state index in [1.165, 1.54) is 33.2 Å². The van der Waals surface area contributed by atoms with Crippen molar-refractivity contribution in [2.75, 3.05) is 0 Å². The minimum Gasteiger partial charge on any atom is -0.296 e. The maximum Gasteiger partial charge on any atom is 0.0607 e. The number of fused-ring (bicyclic) bond motifs is 4. The van der Waals surface area contributed by atoms with Crippen LogP contribution in [0, 0.1) is 6.07 Å². The largest absolute Gasteiger partial charge is 0.296 e. The number of pyridine rings is 1. The van der Waals surface area contributed by atoms with Crippen LogP contribution in [0.3, 0.4) is 0 Å². The van der Waals surface area contributed by atoms with Crippen LogP contribution in [0.4, 0.5) is 0 Å². The molecule has 0 bridgehead atoms. The summed E-state index contributed by atoms with van der Waals surface area (Å²) in [5, 5.41) is 1.32. The quantitative estimate of drug-likeness (QED) is 0.368. The fourth-order valence-electron chi connectivity index (χ4n) is 3.53. The van der Waals surface area contributed by atoms with Crippen LogP contribution >= 0.6 is 0 Å². The number of nitrogens with zero attached hydrogens (tertiary/aromatic N) is 1. The van der Waals surface area contributed by atoms with Gasteiger partial charge in [0.2, 0.25) is 0 Å². The number of benzene rings is 2. The summed E-state index contributed by atoms with van der Waals surface area (Å²) in [5.41, 5.74) is 8.88. The maximum atomic E-state index is 4.95. The van der Waals surface area contributed by atoms with Crippen LogP contribution in [0.1, 0.15) is 22.3 Å². The molecule has 2 heteroatoms. The van der Waals surface area contributed by atoms with Crippen molar-refractivity contribution in [2.45, 2.75) is 12.8 Å². The third-order valence-electron chi connectivity index (χ3n) is 4.44. The van der Waals surface area contributed by atoms with Gasteiger partial charge in [0.15, 0.2) is 0 Å². The van der Waals surface area contributed by atoms with E-state index < -0.39 is 0 Å². The van der Waals surface area contributed by atoms with Gasteiger partial charge in [-0.3, -0.25) is 4.98 Å². The molecule has 2 aliphatic rings. The van der Waals surface area contributed by atoms with Crippen LogP contribution in [0.25, 0.3) is 34.3 Å². The molecule has 0 saturated carbocycles. The average molecular weight is 447 g/mol. The Labute approximate surface area is 137 Å². The molecule has 0 N–H and O–H groups in total. The molecule has 1 aromatic heterocycles. The van der Waals surface area contributed by atoms with E-state index in [1.54, 1.807) is 0 Å². The standard InChI is InChI=1S/C19H12N.Ir/c1-2-6-14-12(4-1)8-11-16-15-10-9-13-5-3-7-17(18(13)15)20-19(14)16;/h1-5,7,9-10H,8,11H2;/q-1;. The molecule has 0 spiro atoms. The first-order valence-corrected chi connectivity index (χ1v) is 7.05. The van der Waals surface area contributed by atoms with Gasteiger partial charge in [0.05, 0.1) is 5.52 Å². The fourth-order valence-corrected chi connectivity index (χ4v) is 3.53. The molecule has 103 valence electrons. The summed E-state index contributed by atoms with van der Waals surface area (Å²) in [5.74, 6) is 0. The minimum absolute atomic E-state index is 0. The van der Waals surface area contributed by atoms with Crippen molar-refractivity contribution in [3.63, 3.8) is 0 Å². The topological polar surface area (TPSA) is 12.9 Å². The Morgan fingerprint density at radius 1 is 1.00 bits per heavy atom. The Hall–Kier alpha value is -1.76. The van der Waals surface area contributed by atoms with Gasteiger partial charge in [-0.25, -0.2) is 0 Å². The number of hydrogen-bond acceptors (Lipinski definition) is 1. The SMILES string of the molecule is [Ir].[c-]1cccc2c1-c1nc3cccc4c3c(c1CC2)C=C4. The molecule has 3 aromatic rings. The normalized spacial score (nSPS) is 13.7. The molecule has 21 heavy (non-hydrogen) atoms.